The highest BCUT2D eigenvalue weighted by atomic mass is 15.2. The first-order valence-corrected chi connectivity index (χ1v) is 7.21. The maximum absolute atomic E-state index is 3.48. The molecular formula is C16H26N2. The normalized spacial score (nSPS) is 19.7. The van der Waals surface area contributed by atoms with Gasteiger partial charge in [0.2, 0.25) is 0 Å². The Morgan fingerprint density at radius 3 is 2.78 bits per heavy atom. The lowest BCUT2D eigenvalue weighted by Gasteiger charge is -2.28. The maximum Gasteiger partial charge on any atom is 0.0239 e. The summed E-state index contributed by atoms with van der Waals surface area (Å²) in [7, 11) is 0. The quantitative estimate of drug-likeness (QED) is 0.859. The number of benzene rings is 1. The molecule has 18 heavy (non-hydrogen) atoms. The Kier molecular flexibility index (Phi) is 4.79. The highest BCUT2D eigenvalue weighted by Gasteiger charge is 2.21. The van der Waals surface area contributed by atoms with Gasteiger partial charge in [-0.1, -0.05) is 30.7 Å². The van der Waals surface area contributed by atoms with Crippen molar-refractivity contribution >= 4 is 0 Å². The van der Waals surface area contributed by atoms with Gasteiger partial charge in [-0.3, -0.25) is 4.90 Å². The van der Waals surface area contributed by atoms with Crippen molar-refractivity contribution in [2.24, 2.45) is 0 Å². The first-order chi connectivity index (χ1) is 8.70. The molecule has 0 saturated carbocycles. The van der Waals surface area contributed by atoms with E-state index < -0.39 is 0 Å². The third kappa shape index (κ3) is 3.33. The summed E-state index contributed by atoms with van der Waals surface area (Å²) < 4.78 is 0. The molecule has 1 aliphatic rings. The van der Waals surface area contributed by atoms with E-state index in [0.717, 1.165) is 19.1 Å². The number of rotatable bonds is 5. The highest BCUT2D eigenvalue weighted by molar-refractivity contribution is 5.30. The van der Waals surface area contributed by atoms with Crippen molar-refractivity contribution in [3.8, 4) is 0 Å². The second-order valence-electron chi connectivity index (χ2n) is 5.55. The first kappa shape index (κ1) is 13.6. The molecule has 2 nitrogen and oxygen atoms in total. The predicted molar refractivity (Wildman–Crippen MR) is 77.9 cm³/mol. The molecule has 1 aliphatic heterocycles. The summed E-state index contributed by atoms with van der Waals surface area (Å²) in [5.74, 6) is 0. The van der Waals surface area contributed by atoms with Crippen molar-refractivity contribution in [3.63, 3.8) is 0 Å². The molecule has 1 unspecified atom stereocenters. The van der Waals surface area contributed by atoms with Gasteiger partial charge in [0.1, 0.15) is 0 Å². The standard InChI is InChI=1S/C16H26N2/c1-4-9-18(16-7-8-17-11-16)12-15-6-5-13(2)10-14(15)3/h5-6,10,16-17H,4,7-9,11-12H2,1-3H3. The molecule has 2 rings (SSSR count). The Balaban J connectivity index is 2.07. The minimum Gasteiger partial charge on any atom is -0.315 e. The molecule has 1 heterocycles. The fraction of sp³-hybridized carbons (Fsp3) is 0.625. The van der Waals surface area contributed by atoms with Crippen LogP contribution < -0.4 is 5.32 Å². The Morgan fingerprint density at radius 1 is 1.33 bits per heavy atom. The maximum atomic E-state index is 3.48. The van der Waals surface area contributed by atoms with Gasteiger partial charge >= 0.3 is 0 Å². The molecule has 0 aliphatic carbocycles. The van der Waals surface area contributed by atoms with Gasteiger partial charge in [0.05, 0.1) is 0 Å². The van der Waals surface area contributed by atoms with E-state index in [-0.39, 0.29) is 0 Å². The number of hydrogen-bond acceptors (Lipinski definition) is 2. The van der Waals surface area contributed by atoms with Gasteiger partial charge in [-0.2, -0.15) is 0 Å². The zero-order valence-electron chi connectivity index (χ0n) is 12.0. The molecule has 0 bridgehead atoms. The van der Waals surface area contributed by atoms with Crippen LogP contribution in [0.4, 0.5) is 0 Å². The summed E-state index contributed by atoms with van der Waals surface area (Å²) in [5.41, 5.74) is 4.28. The topological polar surface area (TPSA) is 15.3 Å². The van der Waals surface area contributed by atoms with Gasteiger partial charge in [0.25, 0.3) is 0 Å². The largest absolute Gasteiger partial charge is 0.315 e. The molecule has 100 valence electrons. The van der Waals surface area contributed by atoms with E-state index in [1.165, 1.54) is 42.6 Å². The van der Waals surface area contributed by atoms with Crippen LogP contribution in [0.25, 0.3) is 0 Å². The first-order valence-electron chi connectivity index (χ1n) is 7.21. The van der Waals surface area contributed by atoms with Crippen LogP contribution in [0.15, 0.2) is 18.2 Å². The summed E-state index contributed by atoms with van der Waals surface area (Å²) >= 11 is 0. The van der Waals surface area contributed by atoms with E-state index in [1.807, 2.05) is 0 Å². The average molecular weight is 246 g/mol. The van der Waals surface area contributed by atoms with Crippen molar-refractivity contribution in [1.29, 1.82) is 0 Å². The zero-order valence-corrected chi connectivity index (χ0v) is 12.0. The van der Waals surface area contributed by atoms with Crippen LogP contribution in [0.3, 0.4) is 0 Å². The number of nitrogens with zero attached hydrogens (tertiary/aromatic N) is 1. The predicted octanol–water partition coefficient (Wildman–Crippen LogP) is 2.88. The minimum atomic E-state index is 0.727. The molecule has 0 aromatic heterocycles. The van der Waals surface area contributed by atoms with Crippen molar-refractivity contribution in [3.05, 3.63) is 34.9 Å². The molecule has 1 N–H and O–H groups in total. The highest BCUT2D eigenvalue weighted by Crippen LogP contribution is 2.17. The fourth-order valence-electron chi connectivity index (χ4n) is 2.87. The van der Waals surface area contributed by atoms with Crippen LogP contribution in [0, 0.1) is 13.8 Å². The molecular weight excluding hydrogens is 220 g/mol. The summed E-state index contributed by atoms with van der Waals surface area (Å²) in [6, 6.07) is 7.56. The zero-order chi connectivity index (χ0) is 13.0. The summed E-state index contributed by atoms with van der Waals surface area (Å²) in [5, 5.41) is 3.48. The Hall–Kier alpha value is -0.860. The van der Waals surface area contributed by atoms with E-state index in [0.29, 0.717) is 0 Å². The minimum absolute atomic E-state index is 0.727. The van der Waals surface area contributed by atoms with E-state index in [9.17, 15) is 0 Å². The van der Waals surface area contributed by atoms with Gasteiger partial charge in [-0.25, -0.2) is 0 Å². The SMILES string of the molecule is CCCN(Cc1ccc(C)cc1C)C1CCNC1. The van der Waals surface area contributed by atoms with E-state index >= 15 is 0 Å². The molecule has 0 spiro atoms. The summed E-state index contributed by atoms with van der Waals surface area (Å²) in [6.45, 7) is 11.3. The van der Waals surface area contributed by atoms with Crippen LogP contribution in [-0.4, -0.2) is 30.6 Å². The van der Waals surface area contributed by atoms with Crippen molar-refractivity contribution < 1.29 is 0 Å². The lowest BCUT2D eigenvalue weighted by Crippen LogP contribution is -2.37. The Morgan fingerprint density at radius 2 is 2.17 bits per heavy atom. The number of aryl methyl sites for hydroxylation is 2. The summed E-state index contributed by atoms with van der Waals surface area (Å²) in [6.07, 6.45) is 2.53. The lowest BCUT2D eigenvalue weighted by atomic mass is 10.0. The van der Waals surface area contributed by atoms with Crippen LogP contribution in [-0.2, 0) is 6.54 Å². The smallest absolute Gasteiger partial charge is 0.0239 e. The van der Waals surface area contributed by atoms with Crippen LogP contribution in [0.1, 0.15) is 36.5 Å². The lowest BCUT2D eigenvalue weighted by molar-refractivity contribution is 0.199. The van der Waals surface area contributed by atoms with Crippen molar-refractivity contribution in [2.75, 3.05) is 19.6 Å². The Labute approximate surface area is 111 Å². The van der Waals surface area contributed by atoms with Crippen molar-refractivity contribution in [1.82, 2.24) is 10.2 Å². The second kappa shape index (κ2) is 6.35. The van der Waals surface area contributed by atoms with Gasteiger partial charge in [0, 0.05) is 19.1 Å². The molecule has 0 radical (unpaired) electrons. The molecule has 1 fully saturated rings. The summed E-state index contributed by atoms with van der Waals surface area (Å²) in [4.78, 5) is 2.65. The molecule has 1 atom stereocenters. The molecule has 1 saturated heterocycles. The Bertz CT molecular complexity index is 381. The van der Waals surface area contributed by atoms with Gasteiger partial charge in [0.15, 0.2) is 0 Å². The third-order valence-electron chi connectivity index (χ3n) is 3.93. The molecule has 0 amide bonds. The van der Waals surface area contributed by atoms with E-state index in [2.05, 4.69) is 49.2 Å². The van der Waals surface area contributed by atoms with Gasteiger partial charge in [-0.15, -0.1) is 0 Å². The van der Waals surface area contributed by atoms with Crippen molar-refractivity contribution in [2.45, 2.75) is 46.2 Å². The fourth-order valence-corrected chi connectivity index (χ4v) is 2.87. The number of nitrogens with one attached hydrogen (secondary N) is 1. The molecule has 1 aromatic rings. The monoisotopic (exact) mass is 246 g/mol. The van der Waals surface area contributed by atoms with E-state index in [1.54, 1.807) is 0 Å². The molecule has 2 heteroatoms. The number of hydrogen-bond donors (Lipinski definition) is 1. The second-order valence-corrected chi connectivity index (χ2v) is 5.55. The van der Waals surface area contributed by atoms with Crippen LogP contribution >= 0.6 is 0 Å². The van der Waals surface area contributed by atoms with Gasteiger partial charge in [-0.05, 0) is 50.9 Å². The van der Waals surface area contributed by atoms with Gasteiger partial charge < -0.3 is 5.32 Å². The average Bonchev–Trinajstić information content (AvgIpc) is 2.85. The third-order valence-corrected chi connectivity index (χ3v) is 3.93. The van der Waals surface area contributed by atoms with Crippen LogP contribution in [0.2, 0.25) is 0 Å². The van der Waals surface area contributed by atoms with Crippen LogP contribution in [0.5, 0.6) is 0 Å². The molecule has 1 aromatic carbocycles. The van der Waals surface area contributed by atoms with E-state index in [4.69, 9.17) is 0 Å².